The van der Waals surface area contributed by atoms with Crippen LogP contribution in [0.5, 0.6) is 5.75 Å². The first-order valence-electron chi connectivity index (χ1n) is 9.36. The number of carbonyl (C=O) groups is 2. The second-order valence-corrected chi connectivity index (χ2v) is 8.39. The topological polar surface area (TPSA) is 109 Å². The van der Waals surface area contributed by atoms with Gasteiger partial charge in [-0.25, -0.2) is 9.37 Å². The number of H-pyrrole nitrogens is 1. The number of aromatic amines is 1. The summed E-state index contributed by atoms with van der Waals surface area (Å²) in [5.74, 6) is -0.858. The van der Waals surface area contributed by atoms with Crippen LogP contribution in [-0.2, 0) is 4.79 Å². The molecule has 0 atom stereocenters. The molecule has 30 heavy (non-hydrogen) atoms. The number of pyridine rings is 1. The number of nitrogens with one attached hydrogen (secondary N) is 3. The van der Waals surface area contributed by atoms with Crippen molar-refractivity contribution in [3.63, 3.8) is 0 Å². The van der Waals surface area contributed by atoms with Crippen molar-refractivity contribution in [2.24, 2.45) is 0 Å². The number of ether oxygens (including phenoxy) is 1. The molecular weight excluding hydrogens is 413 g/mol. The van der Waals surface area contributed by atoms with Gasteiger partial charge in [-0.05, 0) is 37.5 Å². The number of benzene rings is 1. The molecule has 10 heteroatoms. The zero-order valence-corrected chi connectivity index (χ0v) is 16.4. The Morgan fingerprint density at radius 1 is 1.20 bits per heavy atom. The summed E-state index contributed by atoms with van der Waals surface area (Å²) in [6, 6.07) is 5.75. The van der Waals surface area contributed by atoms with Gasteiger partial charge >= 0.3 is 0 Å². The molecule has 2 bridgehead atoms. The van der Waals surface area contributed by atoms with Crippen molar-refractivity contribution in [2.45, 2.75) is 30.3 Å². The molecule has 0 spiro atoms. The van der Waals surface area contributed by atoms with Crippen molar-refractivity contribution in [1.82, 2.24) is 25.8 Å². The number of hydrogen-bond donors (Lipinski definition) is 3. The Hall–Kier alpha value is -3.20. The third-order valence-electron chi connectivity index (χ3n) is 5.62. The smallest absolute Gasteiger partial charge is 0.258 e. The summed E-state index contributed by atoms with van der Waals surface area (Å²) in [5, 5.41) is 13.4. The molecular formula is C20H17ClFN5O3. The predicted octanol–water partition coefficient (Wildman–Crippen LogP) is 2.35. The van der Waals surface area contributed by atoms with E-state index >= 15 is 0 Å². The number of hydrogen-bond acceptors (Lipinski definition) is 5. The third-order valence-corrected chi connectivity index (χ3v) is 5.93. The standard InChI is InChI=1S/C20H17ClFN5O3/c21-14-2-1-13(4-15(14)22)30-7-16(28)25-19-8-20(9-19,10-19)26-18(29)12-3-11-6-24-27-17(11)23-5-12/h1-6H,7-10H2,(H,25,28)(H,26,29)(H,23,24,27). The molecule has 0 unspecified atom stereocenters. The minimum absolute atomic E-state index is 0.00604. The molecule has 0 aliphatic heterocycles. The summed E-state index contributed by atoms with van der Waals surface area (Å²) < 4.78 is 18.7. The van der Waals surface area contributed by atoms with Gasteiger partial charge in [-0.15, -0.1) is 0 Å². The molecule has 3 N–H and O–H groups in total. The molecule has 2 amide bonds. The first-order chi connectivity index (χ1) is 14.4. The van der Waals surface area contributed by atoms with Crippen LogP contribution in [0.3, 0.4) is 0 Å². The largest absolute Gasteiger partial charge is 0.484 e. The van der Waals surface area contributed by atoms with Gasteiger partial charge in [0.1, 0.15) is 11.6 Å². The zero-order valence-electron chi connectivity index (χ0n) is 15.7. The van der Waals surface area contributed by atoms with E-state index in [1.165, 1.54) is 18.3 Å². The van der Waals surface area contributed by atoms with E-state index in [0.717, 1.165) is 11.5 Å². The zero-order chi connectivity index (χ0) is 20.9. The van der Waals surface area contributed by atoms with Gasteiger partial charge in [-0.3, -0.25) is 14.7 Å². The van der Waals surface area contributed by atoms with Gasteiger partial charge in [0.2, 0.25) is 0 Å². The van der Waals surface area contributed by atoms with Crippen molar-refractivity contribution in [1.29, 1.82) is 0 Å². The maximum atomic E-state index is 13.4. The van der Waals surface area contributed by atoms with Gasteiger partial charge in [0.25, 0.3) is 11.8 Å². The monoisotopic (exact) mass is 429 g/mol. The van der Waals surface area contributed by atoms with Crippen molar-refractivity contribution in [3.8, 4) is 5.75 Å². The van der Waals surface area contributed by atoms with Crippen LogP contribution in [0.1, 0.15) is 29.6 Å². The summed E-state index contributed by atoms with van der Waals surface area (Å²) in [4.78, 5) is 28.9. The van der Waals surface area contributed by atoms with Gasteiger partial charge in [0.15, 0.2) is 12.3 Å². The Labute approximate surface area is 175 Å². The molecule has 3 aromatic rings. The van der Waals surface area contributed by atoms with Gasteiger partial charge < -0.3 is 15.4 Å². The summed E-state index contributed by atoms with van der Waals surface area (Å²) >= 11 is 5.62. The predicted molar refractivity (Wildman–Crippen MR) is 106 cm³/mol. The van der Waals surface area contributed by atoms with E-state index in [1.807, 2.05) is 0 Å². The molecule has 0 saturated heterocycles. The Morgan fingerprint density at radius 3 is 2.73 bits per heavy atom. The average molecular weight is 430 g/mol. The maximum absolute atomic E-state index is 13.4. The molecule has 3 saturated carbocycles. The summed E-state index contributed by atoms with van der Waals surface area (Å²) in [7, 11) is 0. The molecule has 8 nitrogen and oxygen atoms in total. The Kier molecular flexibility index (Phi) is 4.18. The van der Waals surface area contributed by atoms with Crippen LogP contribution in [0, 0.1) is 5.82 Å². The van der Waals surface area contributed by atoms with E-state index in [1.54, 1.807) is 12.3 Å². The second-order valence-electron chi connectivity index (χ2n) is 7.98. The second kappa shape index (κ2) is 6.66. The van der Waals surface area contributed by atoms with Crippen LogP contribution in [0.15, 0.2) is 36.7 Å². The molecule has 154 valence electrons. The normalized spacial score (nSPS) is 23.9. The van der Waals surface area contributed by atoms with E-state index in [2.05, 4.69) is 25.8 Å². The van der Waals surface area contributed by atoms with Gasteiger partial charge in [0, 0.05) is 34.9 Å². The quantitative estimate of drug-likeness (QED) is 0.557. The molecule has 3 fully saturated rings. The van der Waals surface area contributed by atoms with E-state index in [9.17, 15) is 14.0 Å². The lowest BCUT2D eigenvalue weighted by atomic mass is 9.44. The number of rotatable bonds is 6. The minimum atomic E-state index is -0.603. The number of aromatic nitrogens is 3. The molecule has 3 aliphatic carbocycles. The van der Waals surface area contributed by atoms with Crippen LogP contribution in [0.4, 0.5) is 4.39 Å². The highest BCUT2D eigenvalue weighted by molar-refractivity contribution is 6.30. The highest BCUT2D eigenvalue weighted by Gasteiger charge is 2.69. The fourth-order valence-corrected chi connectivity index (χ4v) is 4.49. The lowest BCUT2D eigenvalue weighted by molar-refractivity contribution is -0.141. The van der Waals surface area contributed by atoms with Gasteiger partial charge in [-0.2, -0.15) is 5.10 Å². The van der Waals surface area contributed by atoms with Crippen molar-refractivity contribution in [2.75, 3.05) is 6.61 Å². The number of nitrogens with zero attached hydrogens (tertiary/aromatic N) is 2. The molecule has 2 heterocycles. The van der Waals surface area contributed by atoms with Crippen molar-refractivity contribution >= 4 is 34.4 Å². The Bertz CT molecular complexity index is 1160. The van der Waals surface area contributed by atoms with Gasteiger partial charge in [0.05, 0.1) is 10.6 Å². The first kappa shape index (κ1) is 18.8. The third kappa shape index (κ3) is 3.24. The van der Waals surface area contributed by atoms with Crippen molar-refractivity contribution in [3.05, 3.63) is 53.1 Å². The number of fused-ring (bicyclic) bond motifs is 1. The van der Waals surface area contributed by atoms with E-state index in [0.29, 0.717) is 30.5 Å². The lowest BCUT2D eigenvalue weighted by Crippen LogP contribution is -2.84. The summed E-state index contributed by atoms with van der Waals surface area (Å²) in [5.41, 5.74) is 0.416. The molecule has 6 rings (SSSR count). The highest BCUT2D eigenvalue weighted by Crippen LogP contribution is 2.60. The van der Waals surface area contributed by atoms with Crippen LogP contribution in [-0.4, -0.2) is 44.7 Å². The highest BCUT2D eigenvalue weighted by atomic mass is 35.5. The van der Waals surface area contributed by atoms with Crippen LogP contribution < -0.4 is 15.4 Å². The van der Waals surface area contributed by atoms with E-state index in [4.69, 9.17) is 16.3 Å². The van der Waals surface area contributed by atoms with Crippen molar-refractivity contribution < 1.29 is 18.7 Å². The Morgan fingerprint density at radius 2 is 1.97 bits per heavy atom. The van der Waals surface area contributed by atoms with Crippen LogP contribution in [0.25, 0.3) is 11.0 Å². The first-order valence-corrected chi connectivity index (χ1v) is 9.74. The molecule has 1 aromatic carbocycles. The lowest BCUT2D eigenvalue weighted by Gasteiger charge is -2.70. The maximum Gasteiger partial charge on any atom is 0.258 e. The molecule has 2 aromatic heterocycles. The summed E-state index contributed by atoms with van der Waals surface area (Å²) in [6.07, 6.45) is 5.17. The average Bonchev–Trinajstić information content (AvgIpc) is 3.14. The summed E-state index contributed by atoms with van der Waals surface area (Å²) in [6.45, 7) is -0.224. The van der Waals surface area contributed by atoms with Gasteiger partial charge in [-0.1, -0.05) is 11.6 Å². The number of halogens is 2. The van der Waals surface area contributed by atoms with E-state index in [-0.39, 0.29) is 40.3 Å². The van der Waals surface area contributed by atoms with Crippen LogP contribution >= 0.6 is 11.6 Å². The number of carbonyl (C=O) groups excluding carboxylic acids is 2. The fraction of sp³-hybridized carbons (Fsp3) is 0.300. The number of amides is 2. The minimum Gasteiger partial charge on any atom is -0.484 e. The fourth-order valence-electron chi connectivity index (χ4n) is 4.37. The van der Waals surface area contributed by atoms with E-state index < -0.39 is 5.82 Å². The molecule has 0 radical (unpaired) electrons. The molecule has 3 aliphatic rings. The van der Waals surface area contributed by atoms with Crippen LogP contribution in [0.2, 0.25) is 5.02 Å². The SMILES string of the molecule is O=C(COc1ccc(Cl)c(F)c1)NC12CC(NC(=O)c3cnc4n[nH]cc4c3)(C1)C2. The Balaban J connectivity index is 1.11.